The first-order valence-corrected chi connectivity index (χ1v) is 11.5. The lowest BCUT2D eigenvalue weighted by molar-refractivity contribution is 0.207. The van der Waals surface area contributed by atoms with Crippen molar-refractivity contribution in [3.63, 3.8) is 0 Å². The summed E-state index contributed by atoms with van der Waals surface area (Å²) >= 11 is 0. The molecule has 3 aliphatic carbocycles. The molecule has 0 N–H and O–H groups in total. The molecule has 0 heteroatoms. The van der Waals surface area contributed by atoms with Crippen LogP contribution in [0.2, 0.25) is 0 Å². The van der Waals surface area contributed by atoms with Crippen molar-refractivity contribution in [3.8, 4) is 0 Å². The summed E-state index contributed by atoms with van der Waals surface area (Å²) in [6, 6.07) is 31.3. The van der Waals surface area contributed by atoms with E-state index in [1.165, 1.54) is 53.5 Å². The molecule has 3 aromatic rings. The first-order chi connectivity index (χ1) is 14.9. The zero-order valence-corrected chi connectivity index (χ0v) is 17.4. The molecule has 0 saturated heterocycles. The Bertz CT molecular complexity index is 1100. The van der Waals surface area contributed by atoms with Gasteiger partial charge in [0.1, 0.15) is 0 Å². The molecule has 1 saturated carbocycles. The lowest BCUT2D eigenvalue weighted by Crippen LogP contribution is -2.35. The molecule has 0 unspecified atom stereocenters. The summed E-state index contributed by atoms with van der Waals surface area (Å²) in [5, 5.41) is 0. The monoisotopic (exact) mass is 388 g/mol. The number of allylic oxidation sites excluding steroid dienone is 3. The summed E-state index contributed by atoms with van der Waals surface area (Å²) in [7, 11) is 0. The molecule has 0 spiro atoms. The van der Waals surface area contributed by atoms with Crippen LogP contribution < -0.4 is 0 Å². The zero-order valence-electron chi connectivity index (χ0n) is 17.4. The molecule has 0 amide bonds. The average Bonchev–Trinajstić information content (AvgIpc) is 2.84. The van der Waals surface area contributed by atoms with E-state index in [-0.39, 0.29) is 0 Å². The van der Waals surface area contributed by atoms with Crippen molar-refractivity contribution in [1.29, 1.82) is 0 Å². The van der Waals surface area contributed by atoms with Crippen molar-refractivity contribution in [2.24, 2.45) is 17.8 Å². The van der Waals surface area contributed by atoms with Crippen molar-refractivity contribution >= 4 is 11.1 Å². The van der Waals surface area contributed by atoms with Crippen LogP contribution >= 0.6 is 0 Å². The SMILES string of the molecule is C1=C(c2ccccc2)c2ccccc2[C@@H]2C=C(c3ccccc3)[C@@H]3CCCC[C@@H]3[C@H]12. The van der Waals surface area contributed by atoms with Gasteiger partial charge in [0.05, 0.1) is 0 Å². The Morgan fingerprint density at radius 2 is 1.27 bits per heavy atom. The highest BCUT2D eigenvalue weighted by Crippen LogP contribution is 2.56. The number of hydrogen-bond acceptors (Lipinski definition) is 0. The number of benzene rings is 3. The first-order valence-electron chi connectivity index (χ1n) is 11.5. The second-order valence-corrected chi connectivity index (χ2v) is 9.18. The minimum absolute atomic E-state index is 0.489. The van der Waals surface area contributed by atoms with Crippen LogP contribution in [0.4, 0.5) is 0 Å². The smallest absolute Gasteiger partial charge is 0.00962 e. The van der Waals surface area contributed by atoms with E-state index in [0.29, 0.717) is 17.8 Å². The summed E-state index contributed by atoms with van der Waals surface area (Å²) < 4.78 is 0. The van der Waals surface area contributed by atoms with Gasteiger partial charge in [0, 0.05) is 5.92 Å². The van der Waals surface area contributed by atoms with Crippen LogP contribution in [0.5, 0.6) is 0 Å². The quantitative estimate of drug-likeness (QED) is 0.421. The topological polar surface area (TPSA) is 0 Å². The van der Waals surface area contributed by atoms with E-state index < -0.39 is 0 Å². The van der Waals surface area contributed by atoms with Crippen molar-refractivity contribution < 1.29 is 0 Å². The maximum absolute atomic E-state index is 2.64. The molecule has 1 fully saturated rings. The fraction of sp³-hybridized carbons (Fsp3) is 0.267. The highest BCUT2D eigenvalue weighted by Gasteiger charge is 2.43. The van der Waals surface area contributed by atoms with E-state index in [1.807, 2.05) is 0 Å². The molecule has 30 heavy (non-hydrogen) atoms. The molecule has 6 rings (SSSR count). The van der Waals surface area contributed by atoms with Crippen LogP contribution in [0.3, 0.4) is 0 Å². The van der Waals surface area contributed by atoms with Gasteiger partial charge < -0.3 is 0 Å². The largest absolute Gasteiger partial charge is 0.0723 e. The standard InChI is InChI=1S/C30H28/c1-3-11-21(12-4-1)27-19-29-26-18-10-8-16-24(26)28(22-13-5-2-6-14-22)20-30(29)25-17-9-7-15-23(25)27/h1-7,9,11-15,17,19-20,24,26,29-30H,8,10,16,18H2/t24-,26+,29+,30+/m1/s1. The molecule has 3 aromatic carbocycles. The summed E-state index contributed by atoms with van der Waals surface area (Å²) in [4.78, 5) is 0. The second kappa shape index (κ2) is 7.43. The third kappa shape index (κ3) is 2.89. The van der Waals surface area contributed by atoms with Gasteiger partial charge in [-0.05, 0) is 64.0 Å². The highest BCUT2D eigenvalue weighted by atomic mass is 14.5. The predicted octanol–water partition coefficient (Wildman–Crippen LogP) is 7.74. The third-order valence-electron chi connectivity index (χ3n) is 7.65. The van der Waals surface area contributed by atoms with Gasteiger partial charge in [-0.1, -0.05) is 110 Å². The molecule has 148 valence electrons. The maximum atomic E-state index is 2.64. The predicted molar refractivity (Wildman–Crippen MR) is 126 cm³/mol. The molecule has 0 radical (unpaired) electrons. The van der Waals surface area contributed by atoms with Gasteiger partial charge in [-0.3, -0.25) is 0 Å². The van der Waals surface area contributed by atoms with Crippen molar-refractivity contribution in [3.05, 3.63) is 119 Å². The molecule has 0 nitrogen and oxygen atoms in total. The van der Waals surface area contributed by atoms with Crippen LogP contribution in [0.15, 0.2) is 97.1 Å². The fourth-order valence-electron chi connectivity index (χ4n) is 6.35. The Labute approximate surface area is 180 Å². The number of rotatable bonds is 2. The average molecular weight is 389 g/mol. The van der Waals surface area contributed by atoms with Crippen molar-refractivity contribution in [2.75, 3.05) is 0 Å². The third-order valence-corrected chi connectivity index (χ3v) is 7.65. The summed E-state index contributed by atoms with van der Waals surface area (Å²) in [6.07, 6.45) is 10.7. The molecule has 4 atom stereocenters. The van der Waals surface area contributed by atoms with E-state index in [9.17, 15) is 0 Å². The first kappa shape index (κ1) is 18.0. The lowest BCUT2D eigenvalue weighted by atomic mass is 9.57. The number of hydrogen-bond donors (Lipinski definition) is 0. The Hall–Kier alpha value is -2.86. The molecular formula is C30H28. The molecule has 0 aromatic heterocycles. The Kier molecular flexibility index (Phi) is 4.45. The van der Waals surface area contributed by atoms with Crippen LogP contribution in [0.1, 0.15) is 53.9 Å². The Balaban J connectivity index is 1.55. The van der Waals surface area contributed by atoms with Gasteiger partial charge in [-0.15, -0.1) is 0 Å². The minimum Gasteiger partial charge on any atom is -0.0723 e. The maximum Gasteiger partial charge on any atom is 0.00962 e. The van der Waals surface area contributed by atoms with Gasteiger partial charge >= 0.3 is 0 Å². The van der Waals surface area contributed by atoms with Gasteiger partial charge in [0.15, 0.2) is 0 Å². The van der Waals surface area contributed by atoms with Gasteiger partial charge in [-0.2, -0.15) is 0 Å². The summed E-state index contributed by atoms with van der Waals surface area (Å²) in [5.41, 5.74) is 8.77. The van der Waals surface area contributed by atoms with Crippen LogP contribution in [0, 0.1) is 17.8 Å². The van der Waals surface area contributed by atoms with E-state index >= 15 is 0 Å². The van der Waals surface area contributed by atoms with Gasteiger partial charge in [0.2, 0.25) is 0 Å². The summed E-state index contributed by atoms with van der Waals surface area (Å²) in [5.74, 6) is 2.54. The highest BCUT2D eigenvalue weighted by molar-refractivity contribution is 5.85. The molecule has 0 heterocycles. The van der Waals surface area contributed by atoms with Crippen molar-refractivity contribution in [2.45, 2.75) is 31.6 Å². The van der Waals surface area contributed by atoms with Crippen LogP contribution in [-0.4, -0.2) is 0 Å². The lowest BCUT2D eigenvalue weighted by Gasteiger charge is -2.47. The minimum atomic E-state index is 0.489. The Morgan fingerprint density at radius 1 is 0.600 bits per heavy atom. The second-order valence-electron chi connectivity index (χ2n) is 9.18. The van der Waals surface area contributed by atoms with Crippen molar-refractivity contribution in [1.82, 2.24) is 0 Å². The zero-order chi connectivity index (χ0) is 19.9. The summed E-state index contributed by atoms with van der Waals surface area (Å²) in [6.45, 7) is 0. The van der Waals surface area contributed by atoms with Gasteiger partial charge in [-0.25, -0.2) is 0 Å². The van der Waals surface area contributed by atoms with Gasteiger partial charge in [0.25, 0.3) is 0 Å². The molecule has 0 aliphatic heterocycles. The fourth-order valence-corrected chi connectivity index (χ4v) is 6.35. The van der Waals surface area contributed by atoms with E-state index in [0.717, 1.165) is 5.92 Å². The molecule has 3 aliphatic rings. The van der Waals surface area contributed by atoms with E-state index in [1.54, 1.807) is 5.57 Å². The Morgan fingerprint density at radius 3 is 2.07 bits per heavy atom. The van der Waals surface area contributed by atoms with Crippen LogP contribution in [-0.2, 0) is 0 Å². The molecular weight excluding hydrogens is 360 g/mol. The van der Waals surface area contributed by atoms with E-state index in [4.69, 9.17) is 0 Å². The number of fused-ring (bicyclic) bond motifs is 5. The molecule has 0 bridgehead atoms. The van der Waals surface area contributed by atoms with Crippen LogP contribution in [0.25, 0.3) is 11.1 Å². The normalized spacial score (nSPS) is 27.2. The van der Waals surface area contributed by atoms with E-state index in [2.05, 4.69) is 97.1 Å².